The Morgan fingerprint density at radius 2 is 2.04 bits per heavy atom. The molecule has 1 aliphatic rings. The standard InChI is InChI=1S/C22H27N5O/c1-16-10-13-26(14-11-16)20-8-6-18(15-23-20)25-22(28)9-7-19-17(2)24-21-5-3-4-12-27(19)21/h3-6,8,12,15-16H,7,9-11,13-14H2,1-2H3,(H,25,28). The van der Waals surface area contributed by atoms with Crippen molar-refractivity contribution in [2.75, 3.05) is 23.3 Å². The Bertz CT molecular complexity index is 955. The molecular weight excluding hydrogens is 350 g/mol. The fourth-order valence-corrected chi connectivity index (χ4v) is 3.81. The zero-order valence-corrected chi connectivity index (χ0v) is 16.6. The van der Waals surface area contributed by atoms with Crippen molar-refractivity contribution in [2.45, 2.75) is 39.5 Å². The molecule has 0 spiro atoms. The Labute approximate surface area is 165 Å². The van der Waals surface area contributed by atoms with E-state index in [1.807, 2.05) is 43.5 Å². The van der Waals surface area contributed by atoms with Gasteiger partial charge in [0.1, 0.15) is 11.5 Å². The van der Waals surface area contributed by atoms with E-state index in [0.29, 0.717) is 12.8 Å². The summed E-state index contributed by atoms with van der Waals surface area (Å²) in [5, 5.41) is 2.96. The monoisotopic (exact) mass is 377 g/mol. The molecule has 3 aromatic heterocycles. The second-order valence-corrected chi connectivity index (χ2v) is 7.70. The molecule has 0 radical (unpaired) electrons. The number of pyridine rings is 2. The van der Waals surface area contributed by atoms with E-state index in [1.165, 1.54) is 12.8 Å². The molecule has 4 rings (SSSR count). The number of hydrogen-bond acceptors (Lipinski definition) is 4. The van der Waals surface area contributed by atoms with Gasteiger partial charge in [-0.25, -0.2) is 9.97 Å². The number of fused-ring (bicyclic) bond motifs is 1. The average molecular weight is 377 g/mol. The minimum Gasteiger partial charge on any atom is -0.357 e. The van der Waals surface area contributed by atoms with Crippen LogP contribution in [0.3, 0.4) is 0 Å². The molecule has 146 valence electrons. The number of rotatable bonds is 5. The SMILES string of the molecule is Cc1nc2ccccn2c1CCC(=O)Nc1ccc(N2CCC(C)CC2)nc1. The van der Waals surface area contributed by atoms with Crippen LogP contribution in [0.2, 0.25) is 0 Å². The van der Waals surface area contributed by atoms with E-state index in [1.54, 1.807) is 6.20 Å². The van der Waals surface area contributed by atoms with Crippen LogP contribution in [0.25, 0.3) is 5.65 Å². The zero-order chi connectivity index (χ0) is 19.5. The maximum atomic E-state index is 12.4. The molecule has 0 unspecified atom stereocenters. The number of nitrogens with one attached hydrogen (secondary N) is 1. The second kappa shape index (κ2) is 8.00. The summed E-state index contributed by atoms with van der Waals surface area (Å²) >= 11 is 0. The van der Waals surface area contributed by atoms with Crippen molar-refractivity contribution in [2.24, 2.45) is 5.92 Å². The van der Waals surface area contributed by atoms with Gasteiger partial charge in [0.15, 0.2) is 0 Å². The molecule has 3 aromatic rings. The number of aromatic nitrogens is 3. The lowest BCUT2D eigenvalue weighted by molar-refractivity contribution is -0.116. The van der Waals surface area contributed by atoms with Crippen LogP contribution in [0.1, 0.15) is 37.6 Å². The number of aryl methyl sites for hydroxylation is 2. The first-order valence-corrected chi connectivity index (χ1v) is 10.0. The molecule has 0 bridgehead atoms. The fourth-order valence-electron chi connectivity index (χ4n) is 3.81. The third-order valence-electron chi connectivity index (χ3n) is 5.56. The summed E-state index contributed by atoms with van der Waals surface area (Å²) in [6.45, 7) is 6.40. The predicted octanol–water partition coefficient (Wildman–Crippen LogP) is 3.85. The molecule has 4 heterocycles. The third kappa shape index (κ3) is 4.01. The molecule has 0 atom stereocenters. The summed E-state index contributed by atoms with van der Waals surface area (Å²) in [5.41, 5.74) is 3.72. The first-order valence-electron chi connectivity index (χ1n) is 10.0. The lowest BCUT2D eigenvalue weighted by atomic mass is 9.99. The lowest BCUT2D eigenvalue weighted by Crippen LogP contribution is -2.33. The van der Waals surface area contributed by atoms with Gasteiger partial charge in [0.25, 0.3) is 0 Å². The summed E-state index contributed by atoms with van der Waals surface area (Å²) < 4.78 is 2.05. The molecule has 1 fully saturated rings. The van der Waals surface area contributed by atoms with Crippen LogP contribution in [0, 0.1) is 12.8 Å². The molecule has 6 heteroatoms. The van der Waals surface area contributed by atoms with E-state index < -0.39 is 0 Å². The number of amides is 1. The van der Waals surface area contributed by atoms with Gasteiger partial charge in [-0.2, -0.15) is 0 Å². The molecule has 0 aromatic carbocycles. The van der Waals surface area contributed by atoms with Gasteiger partial charge >= 0.3 is 0 Å². The highest BCUT2D eigenvalue weighted by atomic mass is 16.1. The van der Waals surface area contributed by atoms with Gasteiger partial charge in [-0.05, 0) is 56.4 Å². The summed E-state index contributed by atoms with van der Waals surface area (Å²) in [6.07, 6.45) is 7.23. The maximum absolute atomic E-state index is 12.4. The van der Waals surface area contributed by atoms with Crippen LogP contribution in [-0.4, -0.2) is 33.4 Å². The number of hydrogen-bond donors (Lipinski definition) is 1. The molecule has 28 heavy (non-hydrogen) atoms. The first-order chi connectivity index (χ1) is 13.6. The topological polar surface area (TPSA) is 62.5 Å². The maximum Gasteiger partial charge on any atom is 0.224 e. The Morgan fingerprint density at radius 1 is 1.21 bits per heavy atom. The van der Waals surface area contributed by atoms with Gasteiger partial charge in [0, 0.05) is 31.4 Å². The van der Waals surface area contributed by atoms with E-state index in [4.69, 9.17) is 0 Å². The highest BCUT2D eigenvalue weighted by molar-refractivity contribution is 5.90. The molecule has 0 saturated carbocycles. The van der Waals surface area contributed by atoms with Gasteiger partial charge in [0.2, 0.25) is 5.91 Å². The smallest absolute Gasteiger partial charge is 0.224 e. The lowest BCUT2D eigenvalue weighted by Gasteiger charge is -2.31. The quantitative estimate of drug-likeness (QED) is 0.734. The number of imidazole rings is 1. The van der Waals surface area contributed by atoms with Crippen LogP contribution in [-0.2, 0) is 11.2 Å². The Kier molecular flexibility index (Phi) is 5.28. The van der Waals surface area contributed by atoms with Gasteiger partial charge in [-0.15, -0.1) is 0 Å². The molecular formula is C22H27N5O. The summed E-state index contributed by atoms with van der Waals surface area (Å²) in [6, 6.07) is 9.87. The highest BCUT2D eigenvalue weighted by Gasteiger charge is 2.17. The highest BCUT2D eigenvalue weighted by Crippen LogP contribution is 2.22. The van der Waals surface area contributed by atoms with Crippen molar-refractivity contribution >= 4 is 23.1 Å². The average Bonchev–Trinajstić information content (AvgIpc) is 3.03. The number of anilines is 2. The Balaban J connectivity index is 1.34. The van der Waals surface area contributed by atoms with Crippen LogP contribution < -0.4 is 10.2 Å². The minimum absolute atomic E-state index is 0.00775. The molecule has 6 nitrogen and oxygen atoms in total. The van der Waals surface area contributed by atoms with E-state index in [-0.39, 0.29) is 5.91 Å². The van der Waals surface area contributed by atoms with Crippen LogP contribution in [0.15, 0.2) is 42.7 Å². The fraction of sp³-hybridized carbons (Fsp3) is 0.409. The first kappa shape index (κ1) is 18.5. The predicted molar refractivity (Wildman–Crippen MR) is 112 cm³/mol. The minimum atomic E-state index is -0.00775. The Hall–Kier alpha value is -2.89. The zero-order valence-electron chi connectivity index (χ0n) is 16.6. The van der Waals surface area contributed by atoms with Gasteiger partial charge in [0.05, 0.1) is 17.6 Å². The van der Waals surface area contributed by atoms with Crippen LogP contribution >= 0.6 is 0 Å². The van der Waals surface area contributed by atoms with Crippen molar-refractivity contribution in [3.8, 4) is 0 Å². The van der Waals surface area contributed by atoms with Crippen molar-refractivity contribution in [1.82, 2.24) is 14.4 Å². The normalized spacial score (nSPS) is 15.1. The van der Waals surface area contributed by atoms with Crippen LogP contribution in [0.4, 0.5) is 11.5 Å². The summed E-state index contributed by atoms with van der Waals surface area (Å²) in [7, 11) is 0. The molecule has 1 saturated heterocycles. The largest absolute Gasteiger partial charge is 0.357 e. The van der Waals surface area contributed by atoms with E-state index in [2.05, 4.69) is 31.5 Å². The van der Waals surface area contributed by atoms with E-state index in [0.717, 1.165) is 47.5 Å². The molecule has 1 N–H and O–H groups in total. The van der Waals surface area contributed by atoms with E-state index >= 15 is 0 Å². The number of carbonyl (C=O) groups excluding carboxylic acids is 1. The van der Waals surface area contributed by atoms with Gasteiger partial charge in [-0.3, -0.25) is 4.79 Å². The second-order valence-electron chi connectivity index (χ2n) is 7.70. The van der Waals surface area contributed by atoms with Gasteiger partial charge < -0.3 is 14.6 Å². The Morgan fingerprint density at radius 3 is 2.79 bits per heavy atom. The van der Waals surface area contributed by atoms with Crippen molar-refractivity contribution in [1.29, 1.82) is 0 Å². The summed E-state index contributed by atoms with van der Waals surface area (Å²) in [4.78, 5) is 23.8. The molecule has 1 amide bonds. The number of carbonyl (C=O) groups is 1. The number of piperidine rings is 1. The van der Waals surface area contributed by atoms with Crippen LogP contribution in [0.5, 0.6) is 0 Å². The van der Waals surface area contributed by atoms with Crippen molar-refractivity contribution in [3.63, 3.8) is 0 Å². The van der Waals surface area contributed by atoms with Gasteiger partial charge in [-0.1, -0.05) is 13.0 Å². The third-order valence-corrected chi connectivity index (χ3v) is 5.56. The summed E-state index contributed by atoms with van der Waals surface area (Å²) in [5.74, 6) is 1.78. The van der Waals surface area contributed by atoms with Crippen molar-refractivity contribution < 1.29 is 4.79 Å². The van der Waals surface area contributed by atoms with E-state index in [9.17, 15) is 4.79 Å². The van der Waals surface area contributed by atoms with Crippen molar-refractivity contribution in [3.05, 3.63) is 54.1 Å². The molecule has 1 aliphatic heterocycles. The molecule has 0 aliphatic carbocycles. The number of nitrogens with zero attached hydrogens (tertiary/aromatic N) is 4.